The molecule has 5 nitrogen and oxygen atoms in total. The zero-order valence-electron chi connectivity index (χ0n) is 11.7. The Hall–Kier alpha value is -1.82. The number of benzene rings is 1. The zero-order valence-corrected chi connectivity index (χ0v) is 13.3. The van der Waals surface area contributed by atoms with Crippen molar-refractivity contribution in [2.45, 2.75) is 6.54 Å². The molecule has 0 spiro atoms. The average molecular weight is 337 g/mol. The third-order valence-electron chi connectivity index (χ3n) is 2.98. The van der Waals surface area contributed by atoms with Crippen molar-refractivity contribution in [1.82, 2.24) is 14.9 Å². The number of nitrogens with one attached hydrogen (secondary N) is 1. The van der Waals surface area contributed by atoms with Gasteiger partial charge in [0.25, 0.3) is 5.91 Å². The Bertz CT molecular complexity index is 621. The minimum atomic E-state index is -0.0982. The van der Waals surface area contributed by atoms with E-state index < -0.39 is 0 Å². The second-order valence-electron chi connectivity index (χ2n) is 4.70. The lowest BCUT2D eigenvalue weighted by atomic mass is 10.2. The maximum Gasteiger partial charge on any atom is 0.251 e. The van der Waals surface area contributed by atoms with Gasteiger partial charge in [0.05, 0.1) is 18.4 Å². The van der Waals surface area contributed by atoms with Gasteiger partial charge in [0.2, 0.25) is 5.95 Å². The summed E-state index contributed by atoms with van der Waals surface area (Å²) in [6.07, 6.45) is 1.77. The van der Waals surface area contributed by atoms with E-state index in [2.05, 4.69) is 26.2 Å². The first-order chi connectivity index (χ1) is 9.49. The molecule has 0 saturated carbocycles. The molecule has 1 aromatic heterocycles. The van der Waals surface area contributed by atoms with Crippen molar-refractivity contribution < 1.29 is 4.79 Å². The molecule has 2 aromatic rings. The van der Waals surface area contributed by atoms with Gasteiger partial charge in [-0.3, -0.25) is 4.79 Å². The van der Waals surface area contributed by atoms with E-state index >= 15 is 0 Å². The molecule has 1 aromatic carbocycles. The highest BCUT2D eigenvalue weighted by molar-refractivity contribution is 9.10. The number of rotatable bonds is 4. The molecule has 20 heavy (non-hydrogen) atoms. The van der Waals surface area contributed by atoms with Crippen molar-refractivity contribution >= 4 is 27.8 Å². The fourth-order valence-corrected chi connectivity index (χ4v) is 2.32. The van der Waals surface area contributed by atoms with Crippen LogP contribution in [0.4, 0.5) is 5.95 Å². The third-order valence-corrected chi connectivity index (χ3v) is 3.47. The fourth-order valence-electron chi connectivity index (χ4n) is 1.92. The number of hydrogen-bond donors (Lipinski definition) is 1. The number of halogens is 1. The summed E-state index contributed by atoms with van der Waals surface area (Å²) in [5.41, 5.74) is 1.59. The van der Waals surface area contributed by atoms with Crippen LogP contribution in [0, 0.1) is 0 Å². The van der Waals surface area contributed by atoms with Crippen LogP contribution in [0.3, 0.4) is 0 Å². The summed E-state index contributed by atoms with van der Waals surface area (Å²) in [4.78, 5) is 18.3. The van der Waals surface area contributed by atoms with Crippen molar-refractivity contribution in [3.63, 3.8) is 0 Å². The minimum absolute atomic E-state index is 0.0982. The molecule has 1 heterocycles. The number of carbonyl (C=O) groups is 1. The van der Waals surface area contributed by atoms with Crippen molar-refractivity contribution in [3.8, 4) is 0 Å². The van der Waals surface area contributed by atoms with E-state index in [4.69, 9.17) is 0 Å². The van der Waals surface area contributed by atoms with Crippen LogP contribution in [-0.4, -0.2) is 29.6 Å². The van der Waals surface area contributed by atoms with Crippen molar-refractivity contribution in [3.05, 3.63) is 46.2 Å². The second kappa shape index (κ2) is 6.09. The molecule has 6 heteroatoms. The molecule has 1 amide bonds. The predicted molar refractivity (Wildman–Crippen MR) is 82.8 cm³/mol. The van der Waals surface area contributed by atoms with Gasteiger partial charge in [-0.2, -0.15) is 0 Å². The molecule has 106 valence electrons. The van der Waals surface area contributed by atoms with Gasteiger partial charge >= 0.3 is 0 Å². The number of amides is 1. The van der Waals surface area contributed by atoms with Gasteiger partial charge in [-0.15, -0.1) is 0 Å². The number of aromatic nitrogens is 2. The topological polar surface area (TPSA) is 50.2 Å². The van der Waals surface area contributed by atoms with Gasteiger partial charge in [-0.1, -0.05) is 22.0 Å². The van der Waals surface area contributed by atoms with E-state index in [1.165, 1.54) is 0 Å². The molecule has 0 atom stereocenters. The maximum absolute atomic E-state index is 12.1. The van der Waals surface area contributed by atoms with E-state index in [0.29, 0.717) is 12.1 Å². The molecule has 2 rings (SSSR count). The molecule has 0 aliphatic carbocycles. The van der Waals surface area contributed by atoms with Crippen LogP contribution in [0.1, 0.15) is 16.1 Å². The van der Waals surface area contributed by atoms with Gasteiger partial charge in [0.1, 0.15) is 0 Å². The molecule has 0 saturated heterocycles. The predicted octanol–water partition coefficient (Wildman–Crippen LogP) is 2.18. The standard InChI is InChI=1S/C14H17BrN4O/c1-18(2)14-17-9-12(19(14)3)8-16-13(20)10-5-4-6-11(15)7-10/h4-7,9H,8H2,1-3H3,(H,16,20). The normalized spacial score (nSPS) is 10.4. The van der Waals surface area contributed by atoms with Gasteiger partial charge < -0.3 is 14.8 Å². The Morgan fingerprint density at radius 3 is 2.80 bits per heavy atom. The smallest absolute Gasteiger partial charge is 0.251 e. The molecule has 0 aliphatic rings. The van der Waals surface area contributed by atoms with Gasteiger partial charge in [0.15, 0.2) is 0 Å². The Kier molecular flexibility index (Phi) is 4.44. The SMILES string of the molecule is CN(C)c1ncc(CNC(=O)c2cccc(Br)c2)n1C. The quantitative estimate of drug-likeness (QED) is 0.930. The molecule has 0 bridgehead atoms. The lowest BCUT2D eigenvalue weighted by Crippen LogP contribution is -2.24. The van der Waals surface area contributed by atoms with Crippen LogP contribution in [0.15, 0.2) is 34.9 Å². The third kappa shape index (κ3) is 3.19. The average Bonchev–Trinajstić information content (AvgIpc) is 2.77. The summed E-state index contributed by atoms with van der Waals surface area (Å²) in [6.45, 7) is 0.447. The largest absolute Gasteiger partial charge is 0.348 e. The highest BCUT2D eigenvalue weighted by Gasteiger charge is 2.10. The number of carbonyl (C=O) groups excluding carboxylic acids is 1. The summed E-state index contributed by atoms with van der Waals surface area (Å²) in [6, 6.07) is 7.31. The maximum atomic E-state index is 12.1. The lowest BCUT2D eigenvalue weighted by molar-refractivity contribution is 0.0950. The van der Waals surface area contributed by atoms with Gasteiger partial charge in [-0.25, -0.2) is 4.98 Å². The van der Waals surface area contributed by atoms with E-state index in [-0.39, 0.29) is 5.91 Å². The van der Waals surface area contributed by atoms with E-state index in [9.17, 15) is 4.79 Å². The molecule has 0 fully saturated rings. The second-order valence-corrected chi connectivity index (χ2v) is 5.61. The van der Waals surface area contributed by atoms with Crippen LogP contribution >= 0.6 is 15.9 Å². The highest BCUT2D eigenvalue weighted by Crippen LogP contribution is 2.13. The van der Waals surface area contributed by atoms with Gasteiger partial charge in [0, 0.05) is 31.2 Å². The summed E-state index contributed by atoms with van der Waals surface area (Å²) in [7, 11) is 5.81. The number of nitrogens with zero attached hydrogens (tertiary/aromatic N) is 3. The Labute approximate surface area is 126 Å². The molecule has 0 radical (unpaired) electrons. The lowest BCUT2D eigenvalue weighted by Gasteiger charge is -2.13. The number of hydrogen-bond acceptors (Lipinski definition) is 3. The van der Waals surface area contributed by atoms with Crippen LogP contribution in [0.5, 0.6) is 0 Å². The first-order valence-corrected chi connectivity index (χ1v) is 7.00. The van der Waals surface area contributed by atoms with Crippen molar-refractivity contribution in [2.75, 3.05) is 19.0 Å². The number of anilines is 1. The molecule has 1 N–H and O–H groups in total. The van der Waals surface area contributed by atoms with Crippen LogP contribution < -0.4 is 10.2 Å². The van der Waals surface area contributed by atoms with Crippen LogP contribution in [-0.2, 0) is 13.6 Å². The summed E-state index contributed by atoms with van der Waals surface area (Å²) in [5, 5.41) is 2.90. The van der Waals surface area contributed by atoms with Crippen molar-refractivity contribution in [2.24, 2.45) is 7.05 Å². The van der Waals surface area contributed by atoms with E-state index in [1.807, 2.05) is 42.7 Å². The molecule has 0 aliphatic heterocycles. The Balaban J connectivity index is 2.04. The molecule has 0 unspecified atom stereocenters. The summed E-state index contributed by atoms with van der Waals surface area (Å²) < 4.78 is 2.85. The highest BCUT2D eigenvalue weighted by atomic mass is 79.9. The number of imidazole rings is 1. The zero-order chi connectivity index (χ0) is 14.7. The Morgan fingerprint density at radius 2 is 2.20 bits per heavy atom. The molecular formula is C14H17BrN4O. The first-order valence-electron chi connectivity index (χ1n) is 6.20. The van der Waals surface area contributed by atoms with Crippen LogP contribution in [0.2, 0.25) is 0 Å². The monoisotopic (exact) mass is 336 g/mol. The Morgan fingerprint density at radius 1 is 1.45 bits per heavy atom. The van der Waals surface area contributed by atoms with Crippen molar-refractivity contribution in [1.29, 1.82) is 0 Å². The first kappa shape index (κ1) is 14.6. The van der Waals surface area contributed by atoms with E-state index in [0.717, 1.165) is 16.1 Å². The molecular weight excluding hydrogens is 320 g/mol. The summed E-state index contributed by atoms with van der Waals surface area (Å²) in [5.74, 6) is 0.760. The van der Waals surface area contributed by atoms with E-state index in [1.54, 1.807) is 18.3 Å². The summed E-state index contributed by atoms with van der Waals surface area (Å²) >= 11 is 3.36. The minimum Gasteiger partial charge on any atom is -0.348 e. The van der Waals surface area contributed by atoms with Crippen LogP contribution in [0.25, 0.3) is 0 Å². The van der Waals surface area contributed by atoms with Gasteiger partial charge in [-0.05, 0) is 18.2 Å². The fraction of sp³-hybridized carbons (Fsp3) is 0.286.